The van der Waals surface area contributed by atoms with Crippen LogP contribution >= 0.6 is 0 Å². The number of carbonyl (C=O) groups is 4. The van der Waals surface area contributed by atoms with Crippen LogP contribution in [0.4, 0.5) is 5.82 Å². The highest BCUT2D eigenvalue weighted by Gasteiger charge is 2.19. The summed E-state index contributed by atoms with van der Waals surface area (Å²) >= 11 is 0. The lowest BCUT2D eigenvalue weighted by atomic mass is 10.1. The quantitative estimate of drug-likeness (QED) is 0.0235. The molecule has 438 valence electrons. The summed E-state index contributed by atoms with van der Waals surface area (Å²) in [4.78, 5) is 78.7. The van der Waals surface area contributed by atoms with Crippen LogP contribution in [0, 0.1) is 0 Å². The maximum absolute atomic E-state index is 13.3. The summed E-state index contributed by atoms with van der Waals surface area (Å²) in [6.45, 7) is 11.1. The topological polar surface area (TPSA) is 187 Å². The van der Waals surface area contributed by atoms with Crippen molar-refractivity contribution in [1.29, 1.82) is 0 Å². The number of amides is 1. The molecule has 3 rings (SSSR count). The SMILES string of the molecule is CCCCCC/C=C/COC(=O)CCCCCCCCN(CCCCCCCCC(=O)OC/C=C/CCCCCC)CCCN(C)CCCCCC(=O)Nc1nc(OCCOC)nc2c1[nH]c(=O)n2Cc1ccc(C=O)cc1. The van der Waals surface area contributed by atoms with Gasteiger partial charge >= 0.3 is 23.6 Å². The van der Waals surface area contributed by atoms with Crippen molar-refractivity contribution in [2.75, 3.05) is 78.6 Å². The van der Waals surface area contributed by atoms with Gasteiger partial charge in [0.15, 0.2) is 11.5 Å². The number of ether oxygens (including phenoxy) is 4. The first-order valence-electron chi connectivity index (χ1n) is 30.2. The molecule has 16 heteroatoms. The van der Waals surface area contributed by atoms with Gasteiger partial charge in [-0.3, -0.25) is 23.7 Å². The normalized spacial score (nSPS) is 11.7. The minimum absolute atomic E-state index is 0.0158. The Hall–Kier alpha value is -5.19. The number of nitrogens with one attached hydrogen (secondary N) is 2. The van der Waals surface area contributed by atoms with Crippen LogP contribution in [0.25, 0.3) is 11.2 Å². The number of aldehydes is 1. The Morgan fingerprint density at radius 1 is 0.615 bits per heavy atom. The molecule has 2 N–H and O–H groups in total. The molecule has 3 aromatic rings. The fourth-order valence-corrected chi connectivity index (χ4v) is 9.26. The van der Waals surface area contributed by atoms with Crippen molar-refractivity contribution in [3.8, 4) is 6.01 Å². The van der Waals surface area contributed by atoms with Crippen LogP contribution in [0.15, 0.2) is 53.4 Å². The molecule has 16 nitrogen and oxygen atoms in total. The lowest BCUT2D eigenvalue weighted by molar-refractivity contribution is -0.143. The van der Waals surface area contributed by atoms with Gasteiger partial charge in [0.2, 0.25) is 5.91 Å². The molecule has 78 heavy (non-hydrogen) atoms. The van der Waals surface area contributed by atoms with Crippen LogP contribution in [0.5, 0.6) is 6.01 Å². The van der Waals surface area contributed by atoms with E-state index in [1.165, 1.54) is 94.5 Å². The molecule has 0 aliphatic carbocycles. The van der Waals surface area contributed by atoms with Gasteiger partial charge < -0.3 is 39.0 Å². The van der Waals surface area contributed by atoms with Crippen molar-refractivity contribution in [3.05, 3.63) is 70.2 Å². The van der Waals surface area contributed by atoms with Crippen LogP contribution < -0.4 is 15.7 Å². The van der Waals surface area contributed by atoms with E-state index >= 15 is 0 Å². The molecule has 0 radical (unpaired) electrons. The van der Waals surface area contributed by atoms with E-state index in [2.05, 4.69) is 63.1 Å². The van der Waals surface area contributed by atoms with Crippen LogP contribution in [-0.4, -0.2) is 127 Å². The number of benzene rings is 1. The van der Waals surface area contributed by atoms with Gasteiger partial charge in [0.1, 0.15) is 31.6 Å². The molecule has 0 bridgehead atoms. The third-order valence-corrected chi connectivity index (χ3v) is 14.0. The molecule has 0 aliphatic rings. The van der Waals surface area contributed by atoms with Crippen LogP contribution in [0.3, 0.4) is 0 Å². The van der Waals surface area contributed by atoms with Crippen LogP contribution in [0.1, 0.15) is 216 Å². The minimum atomic E-state index is -0.412. The Kier molecular flexibility index (Phi) is 38.4. The zero-order valence-corrected chi connectivity index (χ0v) is 48.7. The predicted molar refractivity (Wildman–Crippen MR) is 314 cm³/mol. The highest BCUT2D eigenvalue weighted by molar-refractivity contribution is 5.97. The molecule has 0 atom stereocenters. The number of esters is 2. The number of hydrogen-bond acceptors (Lipinski definition) is 13. The average Bonchev–Trinajstić information content (AvgIpc) is 3.81. The van der Waals surface area contributed by atoms with Crippen LogP contribution in [-0.2, 0) is 35.1 Å². The summed E-state index contributed by atoms with van der Waals surface area (Å²) < 4.78 is 23.1. The lowest BCUT2D eigenvalue weighted by Gasteiger charge is -2.24. The Morgan fingerprint density at radius 2 is 1.13 bits per heavy atom. The second kappa shape index (κ2) is 44.6. The summed E-state index contributed by atoms with van der Waals surface area (Å²) in [7, 11) is 3.74. The standard InChI is InChI=1S/C62H101N7O9/c1-5-7-9-11-17-23-32-47-76-56(72)36-27-19-13-15-21-30-44-68(45-31-22-16-14-20-28-37-57(73)77-48-33-24-18-12-10-8-6-2)46-34-43-67(3)42-29-25-26-35-55(71)63-59-58-60(66-61(65-59)78-50-49-75-4)69(62(74)64-58)51-53-38-40-54(52-70)41-39-53/h23-24,32-33,38-41,52H,5-22,25-31,34-37,42-51H2,1-4H3,(H,64,74)(H,63,65,66,71)/b32-23+,33-24+. The number of anilines is 1. The maximum Gasteiger partial charge on any atom is 0.328 e. The molecule has 1 amide bonds. The molecular formula is C62H101N7O9. The first-order chi connectivity index (χ1) is 38.2. The largest absolute Gasteiger partial charge is 0.461 e. The first kappa shape index (κ1) is 67.1. The molecule has 2 heterocycles. The number of methoxy groups -OCH3 is 1. The Morgan fingerprint density at radius 3 is 1.71 bits per heavy atom. The van der Waals surface area contributed by atoms with Crippen molar-refractivity contribution in [2.24, 2.45) is 0 Å². The fourth-order valence-electron chi connectivity index (χ4n) is 9.26. The number of nitrogens with zero attached hydrogens (tertiary/aromatic N) is 5. The number of imidazole rings is 1. The average molecular weight is 1090 g/mol. The Balaban J connectivity index is 1.38. The minimum Gasteiger partial charge on any atom is -0.461 e. The predicted octanol–water partition coefficient (Wildman–Crippen LogP) is 12.7. The van der Waals surface area contributed by atoms with E-state index in [0.717, 1.165) is 115 Å². The number of aromatic nitrogens is 4. The number of fused-ring (bicyclic) bond motifs is 1. The Bertz CT molecular complexity index is 2120. The van der Waals surface area contributed by atoms with Crippen LogP contribution in [0.2, 0.25) is 0 Å². The molecule has 0 saturated carbocycles. The Labute approximate surface area is 468 Å². The molecule has 0 saturated heterocycles. The van der Waals surface area contributed by atoms with E-state index in [0.29, 0.717) is 62.2 Å². The van der Waals surface area contributed by atoms with Gasteiger partial charge in [-0.25, -0.2) is 4.79 Å². The lowest BCUT2D eigenvalue weighted by Crippen LogP contribution is -2.30. The highest BCUT2D eigenvalue weighted by Crippen LogP contribution is 2.22. The summed E-state index contributed by atoms with van der Waals surface area (Å²) in [5.41, 5.74) is 1.52. The van der Waals surface area contributed by atoms with Gasteiger partial charge in [-0.15, -0.1) is 0 Å². The number of carbonyl (C=O) groups excluding carboxylic acids is 4. The number of allylic oxidation sites excluding steroid dienone is 2. The van der Waals surface area contributed by atoms with E-state index in [1.807, 2.05) is 12.2 Å². The second-order valence-electron chi connectivity index (χ2n) is 20.9. The molecule has 0 unspecified atom stereocenters. The van der Waals surface area contributed by atoms with Crippen molar-refractivity contribution in [3.63, 3.8) is 0 Å². The number of H-pyrrole nitrogens is 1. The summed E-state index contributed by atoms with van der Waals surface area (Å²) in [6.07, 6.45) is 39.3. The van der Waals surface area contributed by atoms with E-state index in [-0.39, 0.29) is 42.8 Å². The zero-order chi connectivity index (χ0) is 56.1. The van der Waals surface area contributed by atoms with Gasteiger partial charge in [-0.1, -0.05) is 159 Å². The van der Waals surface area contributed by atoms with E-state index < -0.39 is 5.69 Å². The van der Waals surface area contributed by atoms with Gasteiger partial charge in [-0.2, -0.15) is 9.97 Å². The smallest absolute Gasteiger partial charge is 0.328 e. The molecule has 0 fully saturated rings. The summed E-state index contributed by atoms with van der Waals surface area (Å²) in [5.74, 6) is -0.217. The molecule has 0 aliphatic heterocycles. The van der Waals surface area contributed by atoms with E-state index in [9.17, 15) is 24.0 Å². The number of unbranched alkanes of at least 4 members (excludes halogenated alkanes) is 20. The number of hydrogen-bond donors (Lipinski definition) is 2. The van der Waals surface area contributed by atoms with Gasteiger partial charge in [0.25, 0.3) is 0 Å². The third kappa shape index (κ3) is 32.0. The van der Waals surface area contributed by atoms with Crippen molar-refractivity contribution in [2.45, 2.75) is 207 Å². The monoisotopic (exact) mass is 1090 g/mol. The van der Waals surface area contributed by atoms with Crippen molar-refractivity contribution < 1.29 is 38.1 Å². The first-order valence-corrected chi connectivity index (χ1v) is 30.2. The van der Waals surface area contributed by atoms with Gasteiger partial charge in [0.05, 0.1) is 13.2 Å². The van der Waals surface area contributed by atoms with Crippen molar-refractivity contribution in [1.82, 2.24) is 29.3 Å². The maximum atomic E-state index is 13.3. The summed E-state index contributed by atoms with van der Waals surface area (Å²) in [6, 6.07) is 6.96. The zero-order valence-electron chi connectivity index (χ0n) is 48.7. The highest BCUT2D eigenvalue weighted by atomic mass is 16.5. The molecule has 0 spiro atoms. The summed E-state index contributed by atoms with van der Waals surface area (Å²) in [5, 5.41) is 2.89. The van der Waals surface area contributed by atoms with E-state index in [1.54, 1.807) is 31.4 Å². The van der Waals surface area contributed by atoms with Gasteiger partial charge in [0, 0.05) is 31.9 Å². The molecule has 1 aromatic carbocycles. The van der Waals surface area contributed by atoms with Gasteiger partial charge in [-0.05, 0) is 116 Å². The second-order valence-corrected chi connectivity index (χ2v) is 20.9. The molecule has 2 aromatic heterocycles. The van der Waals surface area contributed by atoms with Crippen molar-refractivity contribution >= 4 is 41.1 Å². The fraction of sp³-hybridized carbons (Fsp3) is 0.694. The van der Waals surface area contributed by atoms with E-state index in [4.69, 9.17) is 18.9 Å². The number of rotatable bonds is 50. The number of aromatic amines is 1. The third-order valence-electron chi connectivity index (χ3n) is 14.0. The molecular weight excluding hydrogens is 987 g/mol.